The van der Waals surface area contributed by atoms with Gasteiger partial charge in [-0.1, -0.05) is 146 Å². The molecule has 4 aromatic heterocycles. The minimum atomic E-state index is 0.603. The highest BCUT2D eigenvalue weighted by molar-refractivity contribution is 7.25. The lowest BCUT2D eigenvalue weighted by atomic mass is 10.0. The maximum Gasteiger partial charge on any atom is 0.164 e. The first kappa shape index (κ1) is 36.6. The zero-order chi connectivity index (χ0) is 43.7. The van der Waals surface area contributed by atoms with Crippen LogP contribution >= 0.6 is 11.3 Å². The second-order valence-electron chi connectivity index (χ2n) is 17.5. The fourth-order valence-corrected chi connectivity index (χ4v) is 11.8. The lowest BCUT2D eigenvalue weighted by Gasteiger charge is -2.13. The fourth-order valence-electron chi connectivity index (χ4n) is 10.6. The van der Waals surface area contributed by atoms with E-state index in [4.69, 9.17) is 19.4 Å². The summed E-state index contributed by atoms with van der Waals surface area (Å²) in [7, 11) is 0. The van der Waals surface area contributed by atoms with Gasteiger partial charge in [-0.2, -0.15) is 0 Å². The average molecular weight is 871 g/mol. The van der Waals surface area contributed by atoms with Crippen LogP contribution in [0.3, 0.4) is 0 Å². The third kappa shape index (κ3) is 5.51. The zero-order valence-electron chi connectivity index (χ0n) is 35.7. The highest BCUT2D eigenvalue weighted by atomic mass is 32.1. The lowest BCUT2D eigenvalue weighted by Crippen LogP contribution is -2.00. The van der Waals surface area contributed by atoms with Crippen molar-refractivity contribution in [2.75, 3.05) is 0 Å². The van der Waals surface area contributed by atoms with Crippen molar-refractivity contribution < 1.29 is 4.42 Å². The van der Waals surface area contributed by atoms with Gasteiger partial charge < -0.3 is 8.98 Å². The molecule has 6 heteroatoms. The van der Waals surface area contributed by atoms with Crippen molar-refractivity contribution in [2.24, 2.45) is 0 Å². The molecule has 310 valence electrons. The van der Waals surface area contributed by atoms with E-state index in [1.807, 2.05) is 0 Å². The number of benzene rings is 11. The molecule has 11 aromatic carbocycles. The van der Waals surface area contributed by atoms with Gasteiger partial charge >= 0.3 is 0 Å². The van der Waals surface area contributed by atoms with Gasteiger partial charge in [-0.25, -0.2) is 15.0 Å². The molecule has 0 saturated heterocycles. The van der Waals surface area contributed by atoms with Gasteiger partial charge in [-0.05, 0) is 92.3 Å². The minimum Gasteiger partial charge on any atom is -0.456 e. The largest absolute Gasteiger partial charge is 0.456 e. The van der Waals surface area contributed by atoms with Gasteiger partial charge in [0.1, 0.15) is 11.2 Å². The van der Waals surface area contributed by atoms with E-state index < -0.39 is 0 Å². The summed E-state index contributed by atoms with van der Waals surface area (Å²) >= 11 is 1.80. The van der Waals surface area contributed by atoms with Crippen LogP contribution in [0.5, 0.6) is 0 Å². The van der Waals surface area contributed by atoms with Crippen LogP contribution in [0.2, 0.25) is 0 Å². The number of nitrogens with zero attached hydrogens (tertiary/aromatic N) is 4. The van der Waals surface area contributed by atoms with Crippen LogP contribution in [-0.4, -0.2) is 19.5 Å². The maximum absolute atomic E-state index is 6.88. The number of hydrogen-bond acceptors (Lipinski definition) is 5. The maximum atomic E-state index is 6.88. The Kier molecular flexibility index (Phi) is 7.59. The predicted octanol–water partition coefficient (Wildman–Crippen LogP) is 16.8. The summed E-state index contributed by atoms with van der Waals surface area (Å²) in [5.41, 5.74) is 7.79. The predicted molar refractivity (Wildman–Crippen MR) is 281 cm³/mol. The normalized spacial score (nSPS) is 12.2. The van der Waals surface area contributed by atoms with E-state index in [0.29, 0.717) is 17.5 Å². The number of hydrogen-bond donors (Lipinski definition) is 0. The molecular formula is C61H34N4OS. The quantitative estimate of drug-likeness (QED) is 0.177. The number of thiophene rings is 1. The molecule has 0 aliphatic heterocycles. The Balaban J connectivity index is 0.952. The van der Waals surface area contributed by atoms with Crippen molar-refractivity contribution in [2.45, 2.75) is 0 Å². The van der Waals surface area contributed by atoms with Crippen LogP contribution in [-0.2, 0) is 0 Å². The number of fused-ring (bicyclic) bond motifs is 15. The van der Waals surface area contributed by atoms with E-state index in [0.717, 1.165) is 71.5 Å². The molecule has 0 amide bonds. The van der Waals surface area contributed by atoms with Gasteiger partial charge in [0.15, 0.2) is 17.5 Å². The topological polar surface area (TPSA) is 56.7 Å². The number of rotatable bonds is 4. The van der Waals surface area contributed by atoms with Crippen molar-refractivity contribution in [3.8, 4) is 39.9 Å². The molecule has 0 spiro atoms. The molecule has 4 heterocycles. The van der Waals surface area contributed by atoms with E-state index in [2.05, 4.69) is 211 Å². The van der Waals surface area contributed by atoms with Gasteiger partial charge in [0.05, 0.1) is 16.7 Å². The van der Waals surface area contributed by atoms with Crippen molar-refractivity contribution >= 4 is 118 Å². The second-order valence-corrected chi connectivity index (χ2v) is 18.6. The Bertz CT molecular complexity index is 4600. The number of aromatic nitrogens is 4. The summed E-state index contributed by atoms with van der Waals surface area (Å²) in [5, 5.41) is 16.5. The molecule has 0 atom stereocenters. The van der Waals surface area contributed by atoms with Crippen LogP contribution in [0, 0.1) is 0 Å². The Morgan fingerprint density at radius 2 is 0.910 bits per heavy atom. The standard InChI is InChI=1S/C61H34N4OS/c1-2-13-37-29-40(22-21-35(37)11-1)59-62-60(64-61(63-59)42-23-26-46-45-18-9-10-20-55(45)67-56(46)33-42)41-25-28-53-49(31-41)58-47-19-8-7-17-44(47)52(34-54(58)66-53)65-50-27-24-36-12-5-6-16-43(36)57(50)48-30-38-14-3-4-15-39(38)32-51(48)65/h1-34H. The summed E-state index contributed by atoms with van der Waals surface area (Å²) in [6.07, 6.45) is 0. The van der Waals surface area contributed by atoms with Crippen LogP contribution < -0.4 is 0 Å². The van der Waals surface area contributed by atoms with Crippen molar-refractivity contribution in [1.82, 2.24) is 19.5 Å². The first-order valence-corrected chi connectivity index (χ1v) is 23.4. The van der Waals surface area contributed by atoms with Crippen molar-refractivity contribution in [1.29, 1.82) is 0 Å². The monoisotopic (exact) mass is 870 g/mol. The first-order valence-electron chi connectivity index (χ1n) is 22.6. The Morgan fingerprint density at radius 3 is 1.72 bits per heavy atom. The van der Waals surface area contributed by atoms with Gasteiger partial charge in [-0.3, -0.25) is 0 Å². The van der Waals surface area contributed by atoms with Crippen molar-refractivity contribution in [3.63, 3.8) is 0 Å². The Labute approximate surface area is 386 Å². The molecule has 0 N–H and O–H groups in total. The van der Waals surface area contributed by atoms with E-state index in [1.54, 1.807) is 11.3 Å². The molecular weight excluding hydrogens is 837 g/mol. The molecule has 0 aliphatic carbocycles. The van der Waals surface area contributed by atoms with Gasteiger partial charge in [0, 0.05) is 69.9 Å². The molecule has 0 unspecified atom stereocenters. The van der Waals surface area contributed by atoms with Crippen LogP contribution in [0.15, 0.2) is 211 Å². The zero-order valence-corrected chi connectivity index (χ0v) is 36.6. The third-order valence-electron chi connectivity index (χ3n) is 13.8. The van der Waals surface area contributed by atoms with E-state index in [9.17, 15) is 0 Å². The average Bonchev–Trinajstić information content (AvgIpc) is 4.06. The van der Waals surface area contributed by atoms with Crippen LogP contribution in [0.4, 0.5) is 0 Å². The highest BCUT2D eigenvalue weighted by Crippen LogP contribution is 2.44. The smallest absolute Gasteiger partial charge is 0.164 e. The summed E-state index contributed by atoms with van der Waals surface area (Å²) in [6.45, 7) is 0. The summed E-state index contributed by atoms with van der Waals surface area (Å²) in [4.78, 5) is 15.7. The SMILES string of the molecule is c1ccc2cc(-c3nc(-c4ccc5c(c4)sc4ccccc45)nc(-c4ccc5oc6cc(-n7c8cc9ccccc9cc8c8c9ccccc9ccc87)c7ccccc7c6c5c4)n3)ccc2c1. The molecule has 67 heavy (non-hydrogen) atoms. The Morgan fingerprint density at radius 1 is 0.328 bits per heavy atom. The van der Waals surface area contributed by atoms with E-state index >= 15 is 0 Å². The summed E-state index contributed by atoms with van der Waals surface area (Å²) in [6, 6.07) is 73.9. The van der Waals surface area contributed by atoms with E-state index in [1.165, 1.54) is 57.9 Å². The van der Waals surface area contributed by atoms with Gasteiger partial charge in [0.25, 0.3) is 0 Å². The lowest BCUT2D eigenvalue weighted by molar-refractivity contribution is 0.669. The second kappa shape index (κ2) is 13.9. The van der Waals surface area contributed by atoms with Gasteiger partial charge in [-0.15, -0.1) is 11.3 Å². The minimum absolute atomic E-state index is 0.603. The molecule has 0 fully saturated rings. The summed E-state index contributed by atoms with van der Waals surface area (Å²) in [5.74, 6) is 1.86. The number of furan rings is 1. The van der Waals surface area contributed by atoms with Crippen LogP contribution in [0.25, 0.3) is 147 Å². The third-order valence-corrected chi connectivity index (χ3v) is 14.9. The molecule has 0 aliphatic rings. The molecule has 15 aromatic rings. The molecule has 5 nitrogen and oxygen atoms in total. The molecule has 0 radical (unpaired) electrons. The summed E-state index contributed by atoms with van der Waals surface area (Å²) < 4.78 is 11.8. The van der Waals surface area contributed by atoms with Crippen LogP contribution in [0.1, 0.15) is 0 Å². The molecule has 0 bridgehead atoms. The molecule has 0 saturated carbocycles. The highest BCUT2D eigenvalue weighted by Gasteiger charge is 2.22. The van der Waals surface area contributed by atoms with Gasteiger partial charge in [0.2, 0.25) is 0 Å². The Hall–Kier alpha value is -8.71. The fraction of sp³-hybridized carbons (Fsp3) is 0. The molecule has 15 rings (SSSR count). The van der Waals surface area contributed by atoms with Crippen molar-refractivity contribution in [3.05, 3.63) is 206 Å². The van der Waals surface area contributed by atoms with E-state index in [-0.39, 0.29) is 0 Å². The first-order chi connectivity index (χ1) is 33.2.